The molecule has 48 heavy (non-hydrogen) atoms. The molecular weight excluding hydrogens is 632 g/mol. The van der Waals surface area contributed by atoms with Crippen LogP contribution < -0.4 is 29.8 Å². The van der Waals surface area contributed by atoms with Gasteiger partial charge in [0.2, 0.25) is 5.75 Å². The summed E-state index contributed by atoms with van der Waals surface area (Å²) in [6.45, 7) is 8.33. The summed E-state index contributed by atoms with van der Waals surface area (Å²) in [7, 11) is 2.96. The number of fused-ring (bicyclic) bond motifs is 1. The molecule has 0 saturated carbocycles. The molecule has 0 saturated heterocycles. The van der Waals surface area contributed by atoms with Crippen molar-refractivity contribution in [2.75, 3.05) is 32.8 Å². The highest BCUT2D eigenvalue weighted by molar-refractivity contribution is 6.30. The molecule has 1 N–H and O–H groups in total. The summed E-state index contributed by atoms with van der Waals surface area (Å²) in [4.78, 5) is 31.4. The van der Waals surface area contributed by atoms with Crippen molar-refractivity contribution in [3.63, 3.8) is 0 Å². The van der Waals surface area contributed by atoms with Crippen LogP contribution in [0.5, 0.6) is 23.0 Å². The van der Waals surface area contributed by atoms with Gasteiger partial charge < -0.3 is 24.3 Å². The lowest BCUT2D eigenvalue weighted by Gasteiger charge is -2.18. The Morgan fingerprint density at radius 2 is 1.67 bits per heavy atom. The zero-order valence-electron chi connectivity index (χ0n) is 27.7. The highest BCUT2D eigenvalue weighted by atomic mass is 35.5. The number of rotatable bonds is 12. The van der Waals surface area contributed by atoms with Crippen molar-refractivity contribution in [3.05, 3.63) is 105 Å². The molecule has 0 aliphatic carbocycles. The van der Waals surface area contributed by atoms with Crippen LogP contribution >= 0.6 is 11.6 Å². The highest BCUT2D eigenvalue weighted by Gasteiger charge is 2.20. The second kappa shape index (κ2) is 15.0. The number of nitrogens with zero attached hydrogens (tertiary/aromatic N) is 3. The van der Waals surface area contributed by atoms with Crippen molar-refractivity contribution in [1.29, 1.82) is 0 Å². The molecule has 0 atom stereocenters. The first-order valence-electron chi connectivity index (χ1n) is 15.4. The first-order chi connectivity index (χ1) is 23.1. The Hall–Kier alpha value is -5.35. The molecule has 11 heteroatoms. The lowest BCUT2D eigenvalue weighted by atomic mass is 9.96. The third-order valence-corrected chi connectivity index (χ3v) is 7.81. The quantitative estimate of drug-likeness (QED) is 0.137. The van der Waals surface area contributed by atoms with Crippen molar-refractivity contribution in [3.8, 4) is 34.4 Å². The third-order valence-electron chi connectivity index (χ3n) is 7.55. The Morgan fingerprint density at radius 1 is 0.979 bits per heavy atom. The summed E-state index contributed by atoms with van der Waals surface area (Å²) in [5.74, 6) is 1.83. The molecule has 5 aromatic rings. The number of nitrogens with one attached hydrogen (secondary N) is 1. The van der Waals surface area contributed by atoms with Gasteiger partial charge in [-0.1, -0.05) is 37.6 Å². The molecule has 4 aromatic carbocycles. The van der Waals surface area contributed by atoms with Gasteiger partial charge >= 0.3 is 0 Å². The summed E-state index contributed by atoms with van der Waals surface area (Å²) < 4.78 is 24.3. The molecular formula is C37H37ClN4O6. The molecule has 0 bridgehead atoms. The molecule has 10 nitrogen and oxygen atoms in total. The Kier molecular flexibility index (Phi) is 10.7. The zero-order chi connectivity index (χ0) is 34.4. The van der Waals surface area contributed by atoms with E-state index >= 15 is 0 Å². The number of halogens is 1. The van der Waals surface area contributed by atoms with Gasteiger partial charge in [-0.3, -0.25) is 9.59 Å². The van der Waals surface area contributed by atoms with E-state index < -0.39 is 0 Å². The van der Waals surface area contributed by atoms with Crippen LogP contribution in [0, 0.1) is 6.92 Å². The average molecular weight is 669 g/mol. The molecule has 0 fully saturated rings. The Morgan fingerprint density at radius 3 is 2.31 bits per heavy atom. The van der Waals surface area contributed by atoms with Crippen LogP contribution in [0.15, 0.2) is 82.7 Å². The minimum absolute atomic E-state index is 0.166. The minimum Gasteiger partial charge on any atom is -0.494 e. The number of hydrogen-bond donors (Lipinski definition) is 1. The average Bonchev–Trinajstić information content (AvgIpc) is 3.07. The van der Waals surface area contributed by atoms with Crippen LogP contribution in [0.25, 0.3) is 22.3 Å². The standard InChI is InChI=1S/C37H37ClN4O6/c1-7-47-31-16-23(4)29(19-28(31)22(2)3)36-41-30-11-9-8-10-27(30)37(44)42(36)39-20-24-17-32(45-5)35(33(18-24)46-6)48-21-34(43)40-26-14-12-25(38)13-15-26/h8-20,22H,7,21H2,1-6H3,(H,40,43). The van der Waals surface area contributed by atoms with Gasteiger partial charge in [-0.2, -0.15) is 9.78 Å². The number of anilines is 1. The number of aryl methyl sites for hydroxylation is 1. The van der Waals surface area contributed by atoms with Crippen molar-refractivity contribution >= 4 is 40.3 Å². The lowest BCUT2D eigenvalue weighted by Crippen LogP contribution is -2.21. The van der Waals surface area contributed by atoms with Crippen LogP contribution in [0.1, 0.15) is 43.4 Å². The SMILES string of the molecule is CCOc1cc(C)c(-c2nc3ccccc3c(=O)n2N=Cc2cc(OC)c(OCC(=O)Nc3ccc(Cl)cc3)c(OC)c2)cc1C(C)C. The fourth-order valence-electron chi connectivity index (χ4n) is 5.19. The van der Waals surface area contributed by atoms with Gasteiger partial charge in [0, 0.05) is 21.8 Å². The topological polar surface area (TPSA) is 113 Å². The normalized spacial score (nSPS) is 11.2. The third kappa shape index (κ3) is 7.44. The van der Waals surface area contributed by atoms with Crippen molar-refractivity contribution in [1.82, 2.24) is 9.66 Å². The number of amides is 1. The number of benzene rings is 4. The van der Waals surface area contributed by atoms with E-state index in [1.54, 1.807) is 48.5 Å². The predicted octanol–water partition coefficient (Wildman–Crippen LogP) is 7.46. The molecule has 0 spiro atoms. The first-order valence-corrected chi connectivity index (χ1v) is 15.8. The molecule has 5 rings (SSSR count). The molecule has 0 unspecified atom stereocenters. The number of aromatic nitrogens is 2. The summed E-state index contributed by atoms with van der Waals surface area (Å²) in [5, 5.41) is 8.39. The van der Waals surface area contributed by atoms with E-state index in [2.05, 4.69) is 24.3 Å². The van der Waals surface area contributed by atoms with Gasteiger partial charge in [0.05, 0.1) is 37.9 Å². The van der Waals surface area contributed by atoms with Gasteiger partial charge in [-0.25, -0.2) is 4.98 Å². The summed E-state index contributed by atoms with van der Waals surface area (Å²) in [6.07, 6.45) is 1.52. The molecule has 1 amide bonds. The van der Waals surface area contributed by atoms with E-state index in [1.807, 2.05) is 38.1 Å². The zero-order valence-corrected chi connectivity index (χ0v) is 28.4. The van der Waals surface area contributed by atoms with Crippen molar-refractivity contribution in [2.45, 2.75) is 33.6 Å². The molecule has 1 aromatic heterocycles. The number of hydrogen-bond acceptors (Lipinski definition) is 8. The van der Waals surface area contributed by atoms with E-state index in [4.69, 9.17) is 35.5 Å². The van der Waals surface area contributed by atoms with Crippen molar-refractivity contribution in [2.24, 2.45) is 5.10 Å². The number of carbonyl (C=O) groups is 1. The number of para-hydroxylation sites is 1. The fraction of sp³-hybridized carbons (Fsp3) is 0.243. The Balaban J connectivity index is 1.53. The maximum atomic E-state index is 13.9. The van der Waals surface area contributed by atoms with Gasteiger partial charge in [-0.05, 0) is 91.6 Å². The summed E-state index contributed by atoms with van der Waals surface area (Å²) >= 11 is 5.93. The minimum atomic E-state index is -0.381. The van der Waals surface area contributed by atoms with Crippen LogP contribution in [0.3, 0.4) is 0 Å². The van der Waals surface area contributed by atoms with E-state index in [9.17, 15) is 9.59 Å². The molecule has 248 valence electrons. The van der Waals surface area contributed by atoms with Crippen LogP contribution in [0.2, 0.25) is 5.02 Å². The van der Waals surface area contributed by atoms with Crippen LogP contribution in [-0.4, -0.2) is 49.2 Å². The fourth-order valence-corrected chi connectivity index (χ4v) is 5.31. The maximum Gasteiger partial charge on any atom is 0.282 e. The predicted molar refractivity (Wildman–Crippen MR) is 190 cm³/mol. The second-order valence-corrected chi connectivity index (χ2v) is 11.6. The van der Waals surface area contributed by atoms with Gasteiger partial charge in [0.1, 0.15) is 5.75 Å². The van der Waals surface area contributed by atoms with E-state index in [-0.39, 0.29) is 29.7 Å². The molecule has 0 radical (unpaired) electrons. The van der Waals surface area contributed by atoms with E-state index in [0.29, 0.717) is 51.1 Å². The Labute approximate surface area is 283 Å². The summed E-state index contributed by atoms with van der Waals surface area (Å²) in [5.41, 5.74) is 4.03. The van der Waals surface area contributed by atoms with Crippen LogP contribution in [-0.2, 0) is 4.79 Å². The highest BCUT2D eigenvalue weighted by Crippen LogP contribution is 2.38. The van der Waals surface area contributed by atoms with E-state index in [0.717, 1.165) is 22.4 Å². The lowest BCUT2D eigenvalue weighted by molar-refractivity contribution is -0.118. The molecule has 0 aliphatic heterocycles. The number of ether oxygens (including phenoxy) is 4. The molecule has 1 heterocycles. The van der Waals surface area contributed by atoms with E-state index in [1.165, 1.54) is 25.1 Å². The number of carbonyl (C=O) groups excluding carboxylic acids is 1. The van der Waals surface area contributed by atoms with Crippen molar-refractivity contribution < 1.29 is 23.7 Å². The van der Waals surface area contributed by atoms with Gasteiger partial charge in [0.25, 0.3) is 11.5 Å². The van der Waals surface area contributed by atoms with Gasteiger partial charge in [-0.15, -0.1) is 0 Å². The second-order valence-electron chi connectivity index (χ2n) is 11.2. The van der Waals surface area contributed by atoms with Crippen LogP contribution in [0.4, 0.5) is 5.69 Å². The largest absolute Gasteiger partial charge is 0.494 e. The smallest absolute Gasteiger partial charge is 0.282 e. The number of methoxy groups -OCH3 is 2. The first kappa shape index (κ1) is 34.0. The summed E-state index contributed by atoms with van der Waals surface area (Å²) in [6, 6.07) is 21.3. The maximum absolute atomic E-state index is 13.9. The van der Waals surface area contributed by atoms with Gasteiger partial charge in [0.15, 0.2) is 23.9 Å². The monoisotopic (exact) mass is 668 g/mol. The Bertz CT molecular complexity index is 2010. The molecule has 0 aliphatic rings.